The average Bonchev–Trinajstić information content (AvgIpc) is 2.77. The largest absolute Gasteiger partial charge is 0.437 e. The number of H-pyrrole nitrogens is 1. The number of nitrogens with zero attached hydrogens (tertiary/aromatic N) is 3. The molecule has 1 aliphatic heterocycles. The lowest BCUT2D eigenvalue weighted by molar-refractivity contribution is 0.0706. The fourth-order valence-electron chi connectivity index (χ4n) is 3.56. The van der Waals surface area contributed by atoms with Gasteiger partial charge in [-0.15, -0.1) is 5.10 Å². The van der Waals surface area contributed by atoms with Gasteiger partial charge in [-0.2, -0.15) is 5.26 Å². The number of aromatic amines is 1. The van der Waals surface area contributed by atoms with Crippen LogP contribution in [0.15, 0.2) is 47.3 Å². The SMILES string of the molecule is Cc1ccc(Oc2n[nH]c(=O)c3ccccc23)cc1C(=O)N1CCC(C#N)CC1. The number of hydrogen-bond donors (Lipinski definition) is 1. The fraction of sp³-hybridized carbons (Fsp3) is 0.273. The minimum absolute atomic E-state index is 0.0226. The van der Waals surface area contributed by atoms with Gasteiger partial charge in [0.05, 0.1) is 16.8 Å². The van der Waals surface area contributed by atoms with Crippen LogP contribution in [0, 0.1) is 24.2 Å². The number of rotatable bonds is 3. The minimum atomic E-state index is -0.284. The monoisotopic (exact) mass is 388 g/mol. The number of ether oxygens (including phenoxy) is 1. The molecule has 1 aromatic heterocycles. The van der Waals surface area contributed by atoms with Crippen molar-refractivity contribution in [3.63, 3.8) is 0 Å². The first-order chi connectivity index (χ1) is 14.1. The van der Waals surface area contributed by atoms with Gasteiger partial charge in [0.15, 0.2) is 0 Å². The Balaban J connectivity index is 1.61. The molecular formula is C22H20N4O3. The Bertz CT molecular complexity index is 1170. The van der Waals surface area contributed by atoms with Crippen LogP contribution in [0.5, 0.6) is 11.6 Å². The molecule has 146 valence electrons. The van der Waals surface area contributed by atoms with E-state index in [1.807, 2.05) is 19.1 Å². The van der Waals surface area contributed by atoms with Gasteiger partial charge in [-0.1, -0.05) is 18.2 Å². The van der Waals surface area contributed by atoms with Crippen LogP contribution < -0.4 is 10.3 Å². The normalized spacial score (nSPS) is 14.6. The van der Waals surface area contributed by atoms with E-state index in [2.05, 4.69) is 16.3 Å². The highest BCUT2D eigenvalue weighted by Crippen LogP contribution is 2.28. The van der Waals surface area contributed by atoms with E-state index in [1.54, 1.807) is 35.2 Å². The molecule has 29 heavy (non-hydrogen) atoms. The van der Waals surface area contributed by atoms with Crippen molar-refractivity contribution in [1.29, 1.82) is 5.26 Å². The number of nitrogens with one attached hydrogen (secondary N) is 1. The van der Waals surface area contributed by atoms with Crippen molar-refractivity contribution < 1.29 is 9.53 Å². The van der Waals surface area contributed by atoms with Crippen molar-refractivity contribution in [2.24, 2.45) is 5.92 Å². The molecule has 0 atom stereocenters. The van der Waals surface area contributed by atoms with E-state index in [9.17, 15) is 9.59 Å². The average molecular weight is 388 g/mol. The number of hydrogen-bond acceptors (Lipinski definition) is 5. The Morgan fingerprint density at radius 2 is 1.93 bits per heavy atom. The second-order valence-corrected chi connectivity index (χ2v) is 7.18. The summed E-state index contributed by atoms with van der Waals surface area (Å²) in [4.78, 5) is 26.7. The molecule has 1 N–H and O–H groups in total. The minimum Gasteiger partial charge on any atom is -0.437 e. The number of carbonyl (C=O) groups is 1. The molecule has 0 bridgehead atoms. The quantitative estimate of drug-likeness (QED) is 0.741. The molecule has 0 unspecified atom stereocenters. The number of fused-ring (bicyclic) bond motifs is 1. The molecule has 0 saturated carbocycles. The highest BCUT2D eigenvalue weighted by Gasteiger charge is 2.24. The molecular weight excluding hydrogens is 368 g/mol. The number of benzene rings is 2. The standard InChI is InChI=1S/C22H20N4O3/c1-14-6-7-16(12-19(14)22(28)26-10-8-15(13-23)9-11-26)29-21-18-5-3-2-4-17(18)20(27)24-25-21/h2-7,12,15H,8-11H2,1H3,(H,24,27). The second kappa shape index (κ2) is 7.76. The number of carbonyl (C=O) groups excluding carboxylic acids is 1. The Labute approximate surface area is 167 Å². The maximum absolute atomic E-state index is 13.0. The Morgan fingerprint density at radius 1 is 1.21 bits per heavy atom. The summed E-state index contributed by atoms with van der Waals surface area (Å²) in [6.45, 7) is 3.04. The van der Waals surface area contributed by atoms with E-state index >= 15 is 0 Å². The highest BCUT2D eigenvalue weighted by atomic mass is 16.5. The third-order valence-corrected chi connectivity index (χ3v) is 5.28. The van der Waals surface area contributed by atoms with E-state index in [0.717, 1.165) is 5.56 Å². The first-order valence-electron chi connectivity index (χ1n) is 9.51. The molecule has 3 aromatic rings. The molecule has 2 aromatic carbocycles. The van der Waals surface area contributed by atoms with Crippen LogP contribution in [-0.2, 0) is 0 Å². The van der Waals surface area contributed by atoms with Crippen LogP contribution in [0.25, 0.3) is 10.8 Å². The summed E-state index contributed by atoms with van der Waals surface area (Å²) in [5, 5.41) is 16.6. The van der Waals surface area contributed by atoms with E-state index in [1.165, 1.54) is 0 Å². The van der Waals surface area contributed by atoms with Crippen LogP contribution in [0.1, 0.15) is 28.8 Å². The number of likely N-dealkylation sites (tertiary alicyclic amines) is 1. The van der Waals surface area contributed by atoms with Crippen LogP contribution in [-0.4, -0.2) is 34.1 Å². The fourth-order valence-corrected chi connectivity index (χ4v) is 3.56. The molecule has 7 nitrogen and oxygen atoms in total. The molecule has 2 heterocycles. The van der Waals surface area contributed by atoms with Crippen molar-refractivity contribution >= 4 is 16.7 Å². The second-order valence-electron chi connectivity index (χ2n) is 7.18. The highest BCUT2D eigenvalue weighted by molar-refractivity contribution is 5.96. The molecule has 7 heteroatoms. The number of aryl methyl sites for hydroxylation is 1. The third-order valence-electron chi connectivity index (χ3n) is 5.28. The first-order valence-corrected chi connectivity index (χ1v) is 9.51. The van der Waals surface area contributed by atoms with Gasteiger partial charge in [0.25, 0.3) is 11.5 Å². The topological polar surface area (TPSA) is 99.1 Å². The number of nitriles is 1. The Hall–Kier alpha value is -3.66. The summed E-state index contributed by atoms with van der Waals surface area (Å²) in [6, 6.07) is 14.7. The van der Waals surface area contributed by atoms with Crippen LogP contribution in [0.4, 0.5) is 0 Å². The number of piperidine rings is 1. The smallest absolute Gasteiger partial charge is 0.272 e. The van der Waals surface area contributed by atoms with Gasteiger partial charge < -0.3 is 9.64 Å². The molecule has 4 rings (SSSR count). The molecule has 1 amide bonds. The summed E-state index contributed by atoms with van der Waals surface area (Å²) >= 11 is 0. The van der Waals surface area contributed by atoms with Crippen molar-refractivity contribution in [1.82, 2.24) is 15.1 Å². The van der Waals surface area contributed by atoms with Crippen molar-refractivity contribution in [2.75, 3.05) is 13.1 Å². The molecule has 1 aliphatic rings. The predicted octanol–water partition coefficient (Wildman–Crippen LogP) is 3.40. The Kier molecular flexibility index (Phi) is 5.00. The summed E-state index contributed by atoms with van der Waals surface area (Å²) < 4.78 is 5.92. The number of amides is 1. The van der Waals surface area contributed by atoms with Crippen LogP contribution in [0.3, 0.4) is 0 Å². The summed E-state index contributed by atoms with van der Waals surface area (Å²) in [7, 11) is 0. The molecule has 0 spiro atoms. The van der Waals surface area contributed by atoms with Gasteiger partial charge in [0.1, 0.15) is 5.75 Å². The first kappa shape index (κ1) is 18.7. The lowest BCUT2D eigenvalue weighted by Crippen LogP contribution is -2.38. The number of aromatic nitrogens is 2. The van der Waals surface area contributed by atoms with Crippen LogP contribution in [0.2, 0.25) is 0 Å². The van der Waals surface area contributed by atoms with E-state index in [-0.39, 0.29) is 23.3 Å². The third kappa shape index (κ3) is 3.69. The van der Waals surface area contributed by atoms with Gasteiger partial charge in [0.2, 0.25) is 5.88 Å². The maximum Gasteiger partial charge on any atom is 0.272 e. The van der Waals surface area contributed by atoms with E-state index in [4.69, 9.17) is 10.00 Å². The van der Waals surface area contributed by atoms with Crippen molar-refractivity contribution in [2.45, 2.75) is 19.8 Å². The van der Waals surface area contributed by atoms with E-state index in [0.29, 0.717) is 48.0 Å². The Morgan fingerprint density at radius 3 is 2.66 bits per heavy atom. The maximum atomic E-state index is 13.0. The van der Waals surface area contributed by atoms with E-state index < -0.39 is 0 Å². The van der Waals surface area contributed by atoms with Crippen molar-refractivity contribution in [3.05, 3.63) is 63.9 Å². The summed E-state index contributed by atoms with van der Waals surface area (Å²) in [6.07, 6.45) is 1.40. The van der Waals surface area contributed by atoms with Crippen LogP contribution >= 0.6 is 0 Å². The summed E-state index contributed by atoms with van der Waals surface area (Å²) in [5.41, 5.74) is 1.13. The molecule has 0 radical (unpaired) electrons. The lowest BCUT2D eigenvalue weighted by Gasteiger charge is -2.29. The zero-order valence-electron chi connectivity index (χ0n) is 16.0. The van der Waals surface area contributed by atoms with Crippen molar-refractivity contribution in [3.8, 4) is 17.7 Å². The summed E-state index contributed by atoms with van der Waals surface area (Å²) in [5.74, 6) is 0.700. The van der Waals surface area contributed by atoms with Gasteiger partial charge in [0, 0.05) is 24.6 Å². The van der Waals surface area contributed by atoms with Gasteiger partial charge in [-0.25, -0.2) is 5.10 Å². The lowest BCUT2D eigenvalue weighted by atomic mass is 9.97. The zero-order valence-corrected chi connectivity index (χ0v) is 16.0. The predicted molar refractivity (Wildman–Crippen MR) is 108 cm³/mol. The molecule has 0 aliphatic carbocycles. The molecule has 1 saturated heterocycles. The zero-order chi connectivity index (χ0) is 20.4. The molecule has 1 fully saturated rings. The van der Waals surface area contributed by atoms with Gasteiger partial charge in [-0.05, 0) is 49.6 Å². The van der Waals surface area contributed by atoms with Gasteiger partial charge in [-0.3, -0.25) is 9.59 Å². The van der Waals surface area contributed by atoms with Gasteiger partial charge >= 0.3 is 0 Å².